The number of nitrogens with zero attached hydrogens (tertiary/aromatic N) is 1. The third-order valence-electron chi connectivity index (χ3n) is 7.94. The average molecular weight is 640 g/mol. The number of rotatable bonds is 14. The number of amides is 2. The van der Waals surface area contributed by atoms with Crippen molar-refractivity contribution in [1.82, 2.24) is 10.2 Å². The van der Waals surface area contributed by atoms with Gasteiger partial charge in [0.15, 0.2) is 0 Å². The number of carbonyl (C=O) groups is 2. The third kappa shape index (κ3) is 9.20. The highest BCUT2D eigenvalue weighted by Crippen LogP contribution is 2.43. The molecule has 1 unspecified atom stereocenters. The zero-order valence-corrected chi connectivity index (χ0v) is 25.2. The highest BCUT2D eigenvalue weighted by molar-refractivity contribution is 5.96. The van der Waals surface area contributed by atoms with Crippen molar-refractivity contribution in [3.63, 3.8) is 0 Å². The summed E-state index contributed by atoms with van der Waals surface area (Å²) in [5.74, 6) is -1.93. The van der Waals surface area contributed by atoms with Gasteiger partial charge in [-0.3, -0.25) is 9.59 Å². The Morgan fingerprint density at radius 3 is 2.04 bits per heavy atom. The molecular weight excluding hydrogens is 600 g/mol. The molecule has 0 heterocycles. The molecule has 0 radical (unpaired) electrons. The molecule has 4 N–H and O–H groups in total. The number of hydrogen-bond donors (Lipinski definition) is 3. The molecule has 3 atom stereocenters. The second-order valence-corrected chi connectivity index (χ2v) is 11.3. The average Bonchev–Trinajstić information content (AvgIpc) is 2.98. The van der Waals surface area contributed by atoms with Crippen LogP contribution in [0.5, 0.6) is 0 Å². The quantitative estimate of drug-likeness (QED) is 0.220. The molecule has 2 amide bonds. The molecule has 0 saturated carbocycles. The number of carbonyl (C=O) groups excluding carboxylic acids is 2. The number of alkyl halides is 6. The van der Waals surface area contributed by atoms with Gasteiger partial charge in [0.25, 0.3) is 0 Å². The summed E-state index contributed by atoms with van der Waals surface area (Å²) in [7, 11) is 0. The summed E-state index contributed by atoms with van der Waals surface area (Å²) in [5.41, 5.74) is 2.41. The fourth-order valence-electron chi connectivity index (χ4n) is 5.74. The van der Waals surface area contributed by atoms with Gasteiger partial charge in [-0.1, -0.05) is 62.4 Å². The minimum Gasteiger partial charge on any atom is -0.391 e. The fraction of sp³-hybridized carbons (Fsp3) is 0.455. The van der Waals surface area contributed by atoms with E-state index in [1.54, 1.807) is 53.5 Å². The topological polar surface area (TPSA) is 95.7 Å². The second-order valence-electron chi connectivity index (χ2n) is 11.3. The summed E-state index contributed by atoms with van der Waals surface area (Å²) in [5, 5.41) is 14.3. The van der Waals surface area contributed by atoms with Gasteiger partial charge in [-0.25, -0.2) is 0 Å². The zero-order chi connectivity index (χ0) is 33.4. The van der Waals surface area contributed by atoms with Gasteiger partial charge in [-0.05, 0) is 55.0 Å². The Bertz CT molecular complexity index is 1340. The van der Waals surface area contributed by atoms with E-state index < -0.39 is 53.4 Å². The first kappa shape index (κ1) is 35.8. The largest absolute Gasteiger partial charge is 0.416 e. The molecule has 0 aromatic heterocycles. The van der Waals surface area contributed by atoms with Gasteiger partial charge >= 0.3 is 12.4 Å². The van der Waals surface area contributed by atoms with Crippen molar-refractivity contribution in [2.75, 3.05) is 19.6 Å². The molecule has 1 aliphatic rings. The number of aliphatic hydroxyl groups is 1. The number of nitrogens with one attached hydrogen (secondary N) is 1. The van der Waals surface area contributed by atoms with E-state index in [-0.39, 0.29) is 36.9 Å². The van der Waals surface area contributed by atoms with Gasteiger partial charge in [0.2, 0.25) is 11.8 Å². The summed E-state index contributed by atoms with van der Waals surface area (Å²) in [6.45, 7) is 4.21. The van der Waals surface area contributed by atoms with Crippen molar-refractivity contribution in [2.45, 2.75) is 64.5 Å². The Morgan fingerprint density at radius 2 is 1.53 bits per heavy atom. The van der Waals surface area contributed by atoms with E-state index in [2.05, 4.69) is 5.32 Å². The van der Waals surface area contributed by atoms with Crippen molar-refractivity contribution in [3.8, 4) is 0 Å². The van der Waals surface area contributed by atoms with Crippen LogP contribution in [0.1, 0.15) is 55.4 Å². The summed E-state index contributed by atoms with van der Waals surface area (Å²) >= 11 is 0. The fourth-order valence-corrected chi connectivity index (χ4v) is 5.74. The predicted octanol–water partition coefficient (Wildman–Crippen LogP) is 6.04. The zero-order valence-electron chi connectivity index (χ0n) is 25.2. The maximum absolute atomic E-state index is 13.5. The molecule has 12 heteroatoms. The van der Waals surface area contributed by atoms with E-state index >= 15 is 0 Å². The maximum Gasteiger partial charge on any atom is 0.416 e. The number of aliphatic hydroxyl groups excluding tert-OH is 1. The molecule has 0 fully saturated rings. The first-order chi connectivity index (χ1) is 21.1. The summed E-state index contributed by atoms with van der Waals surface area (Å²) in [4.78, 5) is 28.4. The van der Waals surface area contributed by atoms with Crippen molar-refractivity contribution >= 4 is 11.8 Å². The SMILES string of the molecule is CCCN(CCC)C(=O)C1=CC=CC(C(N)=O)([C@H](Cc2ccccc2)[C@@H](O)CNCc2cc(C(F)(F)F)cc(C(F)(F)F)c2)C1. The maximum atomic E-state index is 13.5. The van der Waals surface area contributed by atoms with Gasteiger partial charge in [-0.2, -0.15) is 26.3 Å². The number of benzene rings is 2. The van der Waals surface area contributed by atoms with Crippen LogP contribution >= 0.6 is 0 Å². The minimum absolute atomic E-state index is 0.0504. The number of allylic oxidation sites excluding steroid dienone is 2. The van der Waals surface area contributed by atoms with Crippen LogP contribution in [0.15, 0.2) is 72.3 Å². The molecule has 0 saturated heterocycles. The number of primary amides is 1. The standard InChI is InChI=1S/C33H39F6N3O3/c1-3-13-42(14-4-2)29(44)24-11-8-12-31(19-24,30(40)45)27(17-22-9-6-5-7-10-22)28(43)21-41-20-23-15-25(32(34,35)36)18-26(16-23)33(37,38)39/h5-12,15-16,18,27-28,41,43H,3-4,13-14,17,19-21H2,1-2H3,(H2,40,45)/t27-,28+,31?/m1/s1. The van der Waals surface area contributed by atoms with Crippen LogP contribution < -0.4 is 11.1 Å². The Kier molecular flexibility index (Phi) is 12.0. The number of nitrogens with two attached hydrogens (primary N) is 1. The molecule has 45 heavy (non-hydrogen) atoms. The van der Waals surface area contributed by atoms with E-state index in [0.29, 0.717) is 30.8 Å². The molecular formula is C33H39F6N3O3. The van der Waals surface area contributed by atoms with Crippen LogP contribution in [0, 0.1) is 11.3 Å². The van der Waals surface area contributed by atoms with E-state index in [9.17, 15) is 41.0 Å². The first-order valence-corrected chi connectivity index (χ1v) is 14.8. The molecule has 6 nitrogen and oxygen atoms in total. The minimum atomic E-state index is -5.00. The van der Waals surface area contributed by atoms with Gasteiger partial charge in [-0.15, -0.1) is 0 Å². The van der Waals surface area contributed by atoms with Crippen LogP contribution in [0.3, 0.4) is 0 Å². The van der Waals surface area contributed by atoms with Gasteiger partial charge < -0.3 is 21.1 Å². The monoisotopic (exact) mass is 639 g/mol. The van der Waals surface area contributed by atoms with Crippen molar-refractivity contribution in [3.05, 3.63) is 94.6 Å². The van der Waals surface area contributed by atoms with Gasteiger partial charge in [0.1, 0.15) is 0 Å². The lowest BCUT2D eigenvalue weighted by Crippen LogP contribution is -2.51. The van der Waals surface area contributed by atoms with E-state index in [0.717, 1.165) is 18.4 Å². The summed E-state index contributed by atoms with van der Waals surface area (Å²) in [6.07, 6.45) is -5.06. The molecule has 246 valence electrons. The highest BCUT2D eigenvalue weighted by atomic mass is 19.4. The predicted molar refractivity (Wildman–Crippen MR) is 158 cm³/mol. The molecule has 3 rings (SSSR count). The van der Waals surface area contributed by atoms with Crippen LogP contribution in [0.25, 0.3) is 0 Å². The molecule has 0 spiro atoms. The Balaban J connectivity index is 1.91. The normalized spacial score (nSPS) is 18.3. The number of hydrogen-bond acceptors (Lipinski definition) is 4. The van der Waals surface area contributed by atoms with Crippen molar-refractivity contribution < 1.29 is 41.0 Å². The van der Waals surface area contributed by atoms with Crippen LogP contribution in [-0.2, 0) is 34.9 Å². The summed E-state index contributed by atoms with van der Waals surface area (Å²) < 4.78 is 80.0. The van der Waals surface area contributed by atoms with Gasteiger partial charge in [0.05, 0.1) is 22.6 Å². The molecule has 2 aromatic carbocycles. The highest BCUT2D eigenvalue weighted by Gasteiger charge is 2.48. The Morgan fingerprint density at radius 1 is 0.956 bits per heavy atom. The Labute approximate surface area is 259 Å². The lowest BCUT2D eigenvalue weighted by atomic mass is 9.64. The molecule has 0 aliphatic heterocycles. The molecule has 0 bridgehead atoms. The molecule has 2 aromatic rings. The van der Waals surface area contributed by atoms with Crippen molar-refractivity contribution in [1.29, 1.82) is 0 Å². The summed E-state index contributed by atoms with van der Waals surface area (Å²) in [6, 6.07) is 10.2. The lowest BCUT2D eigenvalue weighted by Gasteiger charge is -2.41. The van der Waals surface area contributed by atoms with E-state index in [4.69, 9.17) is 5.73 Å². The van der Waals surface area contributed by atoms with Crippen molar-refractivity contribution in [2.24, 2.45) is 17.1 Å². The van der Waals surface area contributed by atoms with Crippen LogP contribution in [0.4, 0.5) is 26.3 Å². The number of halogens is 6. The first-order valence-electron chi connectivity index (χ1n) is 14.8. The lowest BCUT2D eigenvalue weighted by molar-refractivity contribution is -0.143. The second kappa shape index (κ2) is 15.1. The van der Waals surface area contributed by atoms with E-state index in [1.165, 1.54) is 0 Å². The van der Waals surface area contributed by atoms with Gasteiger partial charge in [0, 0.05) is 37.7 Å². The molecule has 1 aliphatic carbocycles. The van der Waals surface area contributed by atoms with Crippen LogP contribution in [-0.4, -0.2) is 47.6 Å². The third-order valence-corrected chi connectivity index (χ3v) is 7.94. The Hall–Kier alpha value is -3.64. The van der Waals surface area contributed by atoms with E-state index in [1.807, 2.05) is 13.8 Å². The van der Waals surface area contributed by atoms with Crippen LogP contribution in [0.2, 0.25) is 0 Å². The smallest absolute Gasteiger partial charge is 0.391 e.